The van der Waals surface area contributed by atoms with Crippen molar-refractivity contribution in [2.24, 2.45) is 0 Å². The molecule has 0 bridgehead atoms. The van der Waals surface area contributed by atoms with Gasteiger partial charge in [-0.05, 0) is 38.5 Å². The number of anilines is 1. The van der Waals surface area contributed by atoms with Crippen LogP contribution in [0.1, 0.15) is 40.7 Å². The first-order chi connectivity index (χ1) is 10.5. The van der Waals surface area contributed by atoms with E-state index in [2.05, 4.69) is 15.8 Å². The van der Waals surface area contributed by atoms with Gasteiger partial charge in [0.15, 0.2) is 0 Å². The molecule has 118 valence electrons. The molecular weight excluding hydrogens is 302 g/mol. The summed E-state index contributed by atoms with van der Waals surface area (Å²) in [4.78, 5) is 12.2. The standard InChI is InChI=1S/C16H20ClN3O2/c1-4-7-18-16(21)13-6-5-12(17)8-15(13)19-9-14-10(2)20-22-11(14)3/h5-6,8,19H,4,7,9H2,1-3H3,(H,18,21). The second-order valence-corrected chi connectivity index (χ2v) is 5.54. The molecule has 22 heavy (non-hydrogen) atoms. The zero-order chi connectivity index (χ0) is 16.1. The molecule has 0 aliphatic heterocycles. The average Bonchev–Trinajstić information content (AvgIpc) is 2.81. The molecule has 0 saturated heterocycles. The summed E-state index contributed by atoms with van der Waals surface area (Å²) in [5, 5.41) is 10.6. The highest BCUT2D eigenvalue weighted by molar-refractivity contribution is 6.31. The Labute approximate surface area is 135 Å². The summed E-state index contributed by atoms with van der Waals surface area (Å²) in [6, 6.07) is 5.19. The molecule has 1 aromatic heterocycles. The number of nitrogens with zero attached hydrogens (tertiary/aromatic N) is 1. The first-order valence-corrected chi connectivity index (χ1v) is 7.64. The Morgan fingerprint density at radius 2 is 2.14 bits per heavy atom. The van der Waals surface area contributed by atoms with Crippen LogP contribution in [0.5, 0.6) is 0 Å². The number of halogens is 1. The number of carbonyl (C=O) groups excluding carboxylic acids is 1. The van der Waals surface area contributed by atoms with Crippen molar-refractivity contribution in [3.05, 3.63) is 45.8 Å². The van der Waals surface area contributed by atoms with E-state index in [1.54, 1.807) is 18.2 Å². The summed E-state index contributed by atoms with van der Waals surface area (Å²) in [5.41, 5.74) is 3.09. The minimum Gasteiger partial charge on any atom is -0.380 e. The smallest absolute Gasteiger partial charge is 0.253 e. The molecule has 0 aliphatic rings. The number of hydrogen-bond acceptors (Lipinski definition) is 4. The minimum absolute atomic E-state index is 0.111. The molecule has 0 fully saturated rings. The molecule has 1 aromatic carbocycles. The summed E-state index contributed by atoms with van der Waals surface area (Å²) < 4.78 is 5.14. The Balaban J connectivity index is 2.18. The maximum Gasteiger partial charge on any atom is 0.253 e. The van der Waals surface area contributed by atoms with Crippen molar-refractivity contribution < 1.29 is 9.32 Å². The Morgan fingerprint density at radius 3 is 2.77 bits per heavy atom. The van der Waals surface area contributed by atoms with Crippen molar-refractivity contribution in [2.45, 2.75) is 33.7 Å². The van der Waals surface area contributed by atoms with Gasteiger partial charge in [-0.1, -0.05) is 23.7 Å². The molecule has 0 spiro atoms. The van der Waals surface area contributed by atoms with Crippen molar-refractivity contribution in [2.75, 3.05) is 11.9 Å². The lowest BCUT2D eigenvalue weighted by Gasteiger charge is -2.12. The molecule has 1 amide bonds. The maximum atomic E-state index is 12.2. The SMILES string of the molecule is CCCNC(=O)c1ccc(Cl)cc1NCc1c(C)noc1C. The molecule has 2 N–H and O–H groups in total. The number of benzene rings is 1. The Morgan fingerprint density at radius 1 is 1.36 bits per heavy atom. The minimum atomic E-state index is -0.111. The second-order valence-electron chi connectivity index (χ2n) is 5.10. The fourth-order valence-corrected chi connectivity index (χ4v) is 2.30. The van der Waals surface area contributed by atoms with Crippen molar-refractivity contribution in [1.82, 2.24) is 10.5 Å². The van der Waals surface area contributed by atoms with Crippen LogP contribution in [0.4, 0.5) is 5.69 Å². The molecule has 2 aromatic rings. The Hall–Kier alpha value is -2.01. The zero-order valence-electron chi connectivity index (χ0n) is 13.0. The molecule has 1 heterocycles. The summed E-state index contributed by atoms with van der Waals surface area (Å²) in [5.74, 6) is 0.656. The topological polar surface area (TPSA) is 67.2 Å². The van der Waals surface area contributed by atoms with Gasteiger partial charge in [0.05, 0.1) is 11.3 Å². The van der Waals surface area contributed by atoms with E-state index in [9.17, 15) is 4.79 Å². The summed E-state index contributed by atoms with van der Waals surface area (Å²) in [7, 11) is 0. The molecule has 6 heteroatoms. The largest absolute Gasteiger partial charge is 0.380 e. The van der Waals surface area contributed by atoms with Crippen LogP contribution < -0.4 is 10.6 Å². The summed E-state index contributed by atoms with van der Waals surface area (Å²) in [6.45, 7) is 6.93. The van der Waals surface area contributed by atoms with Crippen LogP contribution in [0, 0.1) is 13.8 Å². The number of amides is 1. The molecule has 5 nitrogen and oxygen atoms in total. The lowest BCUT2D eigenvalue weighted by Crippen LogP contribution is -2.25. The van der Waals surface area contributed by atoms with Crippen LogP contribution in [-0.4, -0.2) is 17.6 Å². The van der Waals surface area contributed by atoms with Crippen molar-refractivity contribution in [1.29, 1.82) is 0 Å². The number of rotatable bonds is 6. The van der Waals surface area contributed by atoms with Crippen LogP contribution in [-0.2, 0) is 6.54 Å². The van der Waals surface area contributed by atoms with Gasteiger partial charge in [0.2, 0.25) is 0 Å². The van der Waals surface area contributed by atoms with E-state index in [1.807, 2.05) is 20.8 Å². The summed E-state index contributed by atoms with van der Waals surface area (Å²) >= 11 is 6.05. The van der Waals surface area contributed by atoms with Gasteiger partial charge in [-0.3, -0.25) is 4.79 Å². The Kier molecular flexibility index (Phi) is 5.44. The highest BCUT2D eigenvalue weighted by Gasteiger charge is 2.13. The van der Waals surface area contributed by atoms with Gasteiger partial charge < -0.3 is 15.2 Å². The third kappa shape index (κ3) is 3.80. The van der Waals surface area contributed by atoms with Crippen LogP contribution in [0.15, 0.2) is 22.7 Å². The highest BCUT2D eigenvalue weighted by atomic mass is 35.5. The van der Waals surface area contributed by atoms with Crippen molar-refractivity contribution >= 4 is 23.2 Å². The number of nitrogens with one attached hydrogen (secondary N) is 2. The fourth-order valence-electron chi connectivity index (χ4n) is 2.13. The van der Waals surface area contributed by atoms with Gasteiger partial charge in [-0.15, -0.1) is 0 Å². The Bertz CT molecular complexity index is 648. The first-order valence-electron chi connectivity index (χ1n) is 7.26. The van der Waals surface area contributed by atoms with E-state index in [0.29, 0.717) is 29.4 Å². The lowest BCUT2D eigenvalue weighted by molar-refractivity contribution is 0.0954. The van der Waals surface area contributed by atoms with E-state index in [-0.39, 0.29) is 5.91 Å². The van der Waals surface area contributed by atoms with E-state index >= 15 is 0 Å². The second kappa shape index (κ2) is 7.31. The zero-order valence-corrected chi connectivity index (χ0v) is 13.8. The molecule has 2 rings (SSSR count). The highest BCUT2D eigenvalue weighted by Crippen LogP contribution is 2.23. The molecule has 0 aliphatic carbocycles. The van der Waals surface area contributed by atoms with Gasteiger partial charge in [0.25, 0.3) is 5.91 Å². The first kappa shape index (κ1) is 16.4. The monoisotopic (exact) mass is 321 g/mol. The molecular formula is C16H20ClN3O2. The third-order valence-corrected chi connectivity index (χ3v) is 3.63. The molecule has 0 radical (unpaired) electrons. The van der Waals surface area contributed by atoms with Crippen LogP contribution in [0.2, 0.25) is 5.02 Å². The average molecular weight is 322 g/mol. The van der Waals surface area contributed by atoms with Crippen LogP contribution in [0.3, 0.4) is 0 Å². The fraction of sp³-hybridized carbons (Fsp3) is 0.375. The van der Waals surface area contributed by atoms with E-state index in [0.717, 1.165) is 23.4 Å². The van der Waals surface area contributed by atoms with Gasteiger partial charge in [0.1, 0.15) is 5.76 Å². The molecule has 0 atom stereocenters. The van der Waals surface area contributed by atoms with Crippen LogP contribution in [0.25, 0.3) is 0 Å². The van der Waals surface area contributed by atoms with Gasteiger partial charge >= 0.3 is 0 Å². The number of aromatic nitrogens is 1. The third-order valence-electron chi connectivity index (χ3n) is 3.40. The van der Waals surface area contributed by atoms with Crippen molar-refractivity contribution in [3.63, 3.8) is 0 Å². The van der Waals surface area contributed by atoms with Crippen molar-refractivity contribution in [3.8, 4) is 0 Å². The number of hydrogen-bond donors (Lipinski definition) is 2. The van der Waals surface area contributed by atoms with E-state index in [1.165, 1.54) is 0 Å². The number of aryl methyl sites for hydroxylation is 2. The van der Waals surface area contributed by atoms with Gasteiger partial charge in [-0.2, -0.15) is 0 Å². The normalized spacial score (nSPS) is 10.5. The maximum absolute atomic E-state index is 12.2. The number of carbonyl (C=O) groups is 1. The molecule has 0 unspecified atom stereocenters. The van der Waals surface area contributed by atoms with Gasteiger partial charge in [-0.25, -0.2) is 0 Å². The van der Waals surface area contributed by atoms with Crippen LogP contribution >= 0.6 is 11.6 Å². The predicted molar refractivity (Wildman–Crippen MR) is 87.4 cm³/mol. The van der Waals surface area contributed by atoms with E-state index < -0.39 is 0 Å². The predicted octanol–water partition coefficient (Wildman–Crippen LogP) is 3.70. The lowest BCUT2D eigenvalue weighted by atomic mass is 10.1. The molecule has 0 saturated carbocycles. The van der Waals surface area contributed by atoms with Gasteiger partial charge in [0, 0.05) is 29.4 Å². The van der Waals surface area contributed by atoms with E-state index in [4.69, 9.17) is 16.1 Å². The summed E-state index contributed by atoms with van der Waals surface area (Å²) in [6.07, 6.45) is 0.890. The quantitative estimate of drug-likeness (QED) is 0.851.